The van der Waals surface area contributed by atoms with Crippen molar-refractivity contribution in [3.63, 3.8) is 0 Å². The first kappa shape index (κ1) is 29.4. The maximum Gasteiger partial charge on any atom is 0.425 e. The molecule has 208 valence electrons. The van der Waals surface area contributed by atoms with Gasteiger partial charge in [0.1, 0.15) is 22.8 Å². The van der Waals surface area contributed by atoms with Crippen molar-refractivity contribution in [1.29, 1.82) is 0 Å². The number of carbonyl (C=O) groups excluding carboxylic acids is 2. The van der Waals surface area contributed by atoms with Crippen LogP contribution < -0.4 is 10.2 Å². The van der Waals surface area contributed by atoms with E-state index in [4.69, 9.17) is 9.47 Å². The number of hydrogen-bond donors (Lipinski definition) is 1. The Bertz CT molecular complexity index is 1360. The van der Waals surface area contributed by atoms with E-state index in [1.807, 2.05) is 0 Å². The maximum absolute atomic E-state index is 15.8. The summed E-state index contributed by atoms with van der Waals surface area (Å²) in [6.07, 6.45) is 1.94. The average Bonchev–Trinajstić information content (AvgIpc) is 2.78. The molecule has 0 aliphatic heterocycles. The molecule has 2 aromatic heterocycles. The Morgan fingerprint density at radius 3 is 2.08 bits per heavy atom. The molecule has 0 aliphatic carbocycles. The van der Waals surface area contributed by atoms with Crippen LogP contribution in [0.3, 0.4) is 0 Å². The van der Waals surface area contributed by atoms with Crippen LogP contribution in [-0.2, 0) is 15.9 Å². The fourth-order valence-corrected chi connectivity index (χ4v) is 3.44. The summed E-state index contributed by atoms with van der Waals surface area (Å²) in [4.78, 5) is 34.4. The molecule has 39 heavy (non-hydrogen) atoms. The number of ether oxygens (including phenoxy) is 2. The zero-order chi connectivity index (χ0) is 29.1. The number of halogens is 3. The second-order valence-corrected chi connectivity index (χ2v) is 10.8. The van der Waals surface area contributed by atoms with E-state index in [0.29, 0.717) is 21.7 Å². The molecule has 1 N–H and O–H groups in total. The highest BCUT2D eigenvalue weighted by molar-refractivity contribution is 6.08. The predicted molar refractivity (Wildman–Crippen MR) is 141 cm³/mol. The summed E-state index contributed by atoms with van der Waals surface area (Å²) in [6, 6.07) is 4.53. The molecular weight excluding hydrogens is 513 g/mol. The average molecular weight is 545 g/mol. The topological polar surface area (TPSA) is 93.7 Å². The highest BCUT2D eigenvalue weighted by Crippen LogP contribution is 2.29. The predicted octanol–water partition coefficient (Wildman–Crippen LogP) is 7.21. The van der Waals surface area contributed by atoms with E-state index in [1.165, 1.54) is 30.7 Å². The molecule has 0 atom stereocenters. The monoisotopic (exact) mass is 544 g/mol. The molecular formula is C28H31F3N4O4. The SMILES string of the molecule is Cc1c(Cc2ccnc(N(C(=O)OC(C)(C)C)C(=O)OC(C)(C)C)c2F)cncc1Nc1ccc(F)cc1F. The number of benzene rings is 1. The molecule has 0 spiro atoms. The number of nitrogens with one attached hydrogen (secondary N) is 1. The third-order valence-corrected chi connectivity index (χ3v) is 5.22. The zero-order valence-electron chi connectivity index (χ0n) is 22.9. The lowest BCUT2D eigenvalue weighted by Crippen LogP contribution is -2.44. The van der Waals surface area contributed by atoms with Gasteiger partial charge >= 0.3 is 12.2 Å². The summed E-state index contributed by atoms with van der Waals surface area (Å²) in [6.45, 7) is 11.4. The summed E-state index contributed by atoms with van der Waals surface area (Å²) in [5, 5.41) is 2.87. The Balaban J connectivity index is 1.97. The van der Waals surface area contributed by atoms with Crippen LogP contribution in [0.4, 0.5) is 40.0 Å². The normalized spacial score (nSPS) is 11.6. The highest BCUT2D eigenvalue weighted by Gasteiger charge is 2.36. The minimum absolute atomic E-state index is 0.00190. The summed E-state index contributed by atoms with van der Waals surface area (Å²) in [5.74, 6) is -3.01. The number of nitrogens with zero attached hydrogens (tertiary/aromatic N) is 3. The first-order chi connectivity index (χ1) is 18.1. The van der Waals surface area contributed by atoms with Crippen LogP contribution in [-0.4, -0.2) is 33.4 Å². The number of amides is 2. The van der Waals surface area contributed by atoms with Gasteiger partial charge in [-0.2, -0.15) is 4.90 Å². The molecule has 1 aromatic carbocycles. The lowest BCUT2D eigenvalue weighted by molar-refractivity contribution is 0.0427. The molecule has 0 bridgehead atoms. The first-order valence-corrected chi connectivity index (χ1v) is 12.1. The molecule has 11 heteroatoms. The van der Waals surface area contributed by atoms with Crippen LogP contribution in [0.1, 0.15) is 58.2 Å². The summed E-state index contributed by atoms with van der Waals surface area (Å²) < 4.78 is 53.9. The second kappa shape index (κ2) is 11.3. The molecule has 2 amide bonds. The van der Waals surface area contributed by atoms with E-state index in [1.54, 1.807) is 48.5 Å². The maximum atomic E-state index is 15.8. The van der Waals surface area contributed by atoms with Crippen molar-refractivity contribution >= 4 is 29.4 Å². The number of aromatic nitrogens is 2. The molecule has 0 saturated heterocycles. The quantitative estimate of drug-likeness (QED) is 0.363. The van der Waals surface area contributed by atoms with Crippen molar-refractivity contribution in [2.24, 2.45) is 0 Å². The summed E-state index contributed by atoms with van der Waals surface area (Å²) >= 11 is 0. The molecule has 0 saturated carbocycles. The van der Waals surface area contributed by atoms with E-state index >= 15 is 4.39 Å². The number of imide groups is 1. The van der Waals surface area contributed by atoms with Crippen molar-refractivity contribution in [2.45, 2.75) is 66.1 Å². The zero-order valence-corrected chi connectivity index (χ0v) is 22.9. The van der Waals surface area contributed by atoms with Gasteiger partial charge < -0.3 is 14.8 Å². The van der Waals surface area contributed by atoms with Crippen LogP contribution in [0.25, 0.3) is 0 Å². The van der Waals surface area contributed by atoms with Crippen molar-refractivity contribution in [1.82, 2.24) is 9.97 Å². The summed E-state index contributed by atoms with van der Waals surface area (Å²) in [7, 11) is 0. The third-order valence-electron chi connectivity index (χ3n) is 5.22. The van der Waals surface area contributed by atoms with Crippen molar-refractivity contribution in [2.75, 3.05) is 10.2 Å². The van der Waals surface area contributed by atoms with Gasteiger partial charge in [-0.05, 0) is 83.4 Å². The van der Waals surface area contributed by atoms with E-state index in [0.717, 1.165) is 12.1 Å². The van der Waals surface area contributed by atoms with Crippen molar-refractivity contribution in [3.05, 3.63) is 77.0 Å². The van der Waals surface area contributed by atoms with Gasteiger partial charge in [0, 0.05) is 24.9 Å². The fraction of sp³-hybridized carbons (Fsp3) is 0.357. The van der Waals surface area contributed by atoms with E-state index < -0.39 is 46.7 Å². The second-order valence-electron chi connectivity index (χ2n) is 10.8. The Morgan fingerprint density at radius 1 is 0.897 bits per heavy atom. The van der Waals surface area contributed by atoms with Gasteiger partial charge in [0.15, 0.2) is 11.6 Å². The number of pyridine rings is 2. The molecule has 0 radical (unpaired) electrons. The number of hydrogen-bond acceptors (Lipinski definition) is 7. The molecule has 3 rings (SSSR count). The van der Waals surface area contributed by atoms with E-state index in [9.17, 15) is 18.4 Å². The smallest absolute Gasteiger partial charge is 0.425 e. The number of anilines is 3. The van der Waals surface area contributed by atoms with Gasteiger partial charge in [-0.3, -0.25) is 4.98 Å². The Labute approximate surface area is 225 Å². The van der Waals surface area contributed by atoms with Crippen LogP contribution >= 0.6 is 0 Å². The molecule has 0 fully saturated rings. The Morgan fingerprint density at radius 2 is 1.51 bits per heavy atom. The van der Waals surface area contributed by atoms with Crippen LogP contribution in [0.15, 0.2) is 42.9 Å². The Kier molecular flexibility index (Phi) is 8.52. The minimum atomic E-state index is -1.15. The minimum Gasteiger partial charge on any atom is -0.443 e. The number of rotatable bonds is 5. The lowest BCUT2D eigenvalue weighted by atomic mass is 10.0. The highest BCUT2D eigenvalue weighted by atomic mass is 19.1. The third kappa shape index (κ3) is 7.68. The largest absolute Gasteiger partial charge is 0.443 e. The van der Waals surface area contributed by atoms with Gasteiger partial charge in [-0.1, -0.05) is 0 Å². The van der Waals surface area contributed by atoms with Gasteiger partial charge in [-0.15, -0.1) is 0 Å². The first-order valence-electron chi connectivity index (χ1n) is 12.1. The van der Waals surface area contributed by atoms with E-state index in [2.05, 4.69) is 15.3 Å². The molecule has 0 unspecified atom stereocenters. The van der Waals surface area contributed by atoms with Gasteiger partial charge in [-0.25, -0.2) is 27.7 Å². The molecule has 2 heterocycles. The van der Waals surface area contributed by atoms with Gasteiger partial charge in [0.25, 0.3) is 0 Å². The number of carbonyl (C=O) groups is 2. The van der Waals surface area contributed by atoms with Crippen molar-refractivity contribution in [3.8, 4) is 0 Å². The lowest BCUT2D eigenvalue weighted by Gasteiger charge is -2.28. The standard InChI is InChI=1S/C28H31F3N4O4/c1-16-18(14-32-15-22(16)34-21-9-8-19(29)13-20(21)30)12-17-10-11-33-24(23(17)31)35(25(36)38-27(2,3)4)26(37)39-28(5,6)7/h8-11,13-15,34H,12H2,1-7H3. The van der Waals surface area contributed by atoms with Crippen LogP contribution in [0.2, 0.25) is 0 Å². The molecule has 8 nitrogen and oxygen atoms in total. The Hall–Kier alpha value is -4.15. The molecule has 3 aromatic rings. The fourth-order valence-electron chi connectivity index (χ4n) is 3.44. The van der Waals surface area contributed by atoms with E-state index in [-0.39, 0.29) is 17.7 Å². The van der Waals surface area contributed by atoms with Crippen LogP contribution in [0, 0.1) is 24.4 Å². The van der Waals surface area contributed by atoms with Gasteiger partial charge in [0.05, 0.1) is 17.6 Å². The molecule has 0 aliphatic rings. The van der Waals surface area contributed by atoms with Crippen molar-refractivity contribution < 1.29 is 32.2 Å². The summed E-state index contributed by atoms with van der Waals surface area (Å²) in [5.41, 5.74) is -0.190. The van der Waals surface area contributed by atoms with Crippen LogP contribution in [0.5, 0.6) is 0 Å². The van der Waals surface area contributed by atoms with Gasteiger partial charge in [0.2, 0.25) is 0 Å².